The molecule has 0 N–H and O–H groups in total. The summed E-state index contributed by atoms with van der Waals surface area (Å²) in [4.78, 5) is 23.2. The van der Waals surface area contributed by atoms with Crippen molar-refractivity contribution in [3.8, 4) is 0 Å². The highest BCUT2D eigenvalue weighted by atomic mass is 28.4. The van der Waals surface area contributed by atoms with Crippen LogP contribution in [0.3, 0.4) is 0 Å². The summed E-state index contributed by atoms with van der Waals surface area (Å²) in [6.45, 7) is 6.64. The van der Waals surface area contributed by atoms with E-state index < -0.39 is 14.4 Å². The van der Waals surface area contributed by atoms with Crippen LogP contribution in [0.5, 0.6) is 0 Å². The van der Waals surface area contributed by atoms with Crippen LogP contribution < -0.4 is 10.4 Å². The molecule has 2 aromatic rings. The van der Waals surface area contributed by atoms with E-state index in [1.54, 1.807) is 0 Å². The first-order chi connectivity index (χ1) is 16.3. The summed E-state index contributed by atoms with van der Waals surface area (Å²) >= 11 is 0. The van der Waals surface area contributed by atoms with Crippen molar-refractivity contribution in [3.63, 3.8) is 0 Å². The highest BCUT2D eigenvalue weighted by molar-refractivity contribution is 6.99. The first kappa shape index (κ1) is 27.7. The minimum absolute atomic E-state index is 0.135. The molecule has 5 heteroatoms. The molecule has 34 heavy (non-hydrogen) atoms. The van der Waals surface area contributed by atoms with Gasteiger partial charge in [0.05, 0.1) is 7.11 Å². The summed E-state index contributed by atoms with van der Waals surface area (Å²) in [6, 6.07) is 20.8. The lowest BCUT2D eigenvalue weighted by molar-refractivity contribution is -0.140. The monoisotopic (exact) mass is 480 g/mol. The number of hydrogen-bond donors (Lipinski definition) is 0. The number of ether oxygens (including phenoxy) is 1. The molecule has 0 spiro atoms. The van der Waals surface area contributed by atoms with Crippen LogP contribution >= 0.6 is 0 Å². The van der Waals surface area contributed by atoms with Crippen molar-refractivity contribution >= 4 is 30.9 Å². The largest absolute Gasteiger partial charge is 0.469 e. The van der Waals surface area contributed by atoms with E-state index in [2.05, 4.69) is 55.8 Å². The normalized spacial score (nSPS) is 13.1. The molecular formula is C29H40O4Si. The molecule has 0 heterocycles. The van der Waals surface area contributed by atoms with Crippen molar-refractivity contribution in [1.82, 2.24) is 0 Å². The van der Waals surface area contributed by atoms with E-state index in [-0.39, 0.29) is 11.0 Å². The smallest absolute Gasteiger partial charge is 0.305 e. The molecule has 1 atom stereocenters. The van der Waals surface area contributed by atoms with Crippen molar-refractivity contribution in [2.45, 2.75) is 76.9 Å². The fourth-order valence-corrected chi connectivity index (χ4v) is 8.96. The second-order valence-corrected chi connectivity index (χ2v) is 13.9. The Morgan fingerprint density at radius 3 is 1.91 bits per heavy atom. The molecule has 0 fully saturated rings. The van der Waals surface area contributed by atoms with Gasteiger partial charge in [0, 0.05) is 6.42 Å². The van der Waals surface area contributed by atoms with Crippen molar-refractivity contribution in [1.29, 1.82) is 0 Å². The van der Waals surface area contributed by atoms with E-state index >= 15 is 0 Å². The SMILES string of the molecule is COC(=O)CCCCCCC/C=C\[C@@H](C=O)O[Si](c1ccccc1)(c1ccccc1)C(C)(C)C. The maximum atomic E-state index is 12.1. The Balaban J connectivity index is 2.07. The molecule has 0 aliphatic rings. The van der Waals surface area contributed by atoms with Gasteiger partial charge in [-0.3, -0.25) is 4.79 Å². The highest BCUT2D eigenvalue weighted by Gasteiger charge is 2.51. The lowest BCUT2D eigenvalue weighted by Gasteiger charge is -2.44. The quantitative estimate of drug-likeness (QED) is 0.116. The number of benzene rings is 2. The first-order valence-corrected chi connectivity index (χ1v) is 14.2. The predicted octanol–water partition coefficient (Wildman–Crippen LogP) is 5.59. The Labute approximate surface area is 206 Å². The second-order valence-electron chi connectivity index (χ2n) is 9.69. The summed E-state index contributed by atoms with van der Waals surface area (Å²) in [6.07, 6.45) is 10.9. The van der Waals surface area contributed by atoms with Gasteiger partial charge in [-0.1, -0.05) is 113 Å². The predicted molar refractivity (Wildman–Crippen MR) is 142 cm³/mol. The molecule has 0 aliphatic heterocycles. The van der Waals surface area contributed by atoms with Crippen LogP contribution in [0.4, 0.5) is 0 Å². The average Bonchev–Trinajstić information content (AvgIpc) is 2.85. The molecule has 0 aliphatic carbocycles. The number of methoxy groups -OCH3 is 1. The minimum atomic E-state index is -2.76. The topological polar surface area (TPSA) is 52.6 Å². The van der Waals surface area contributed by atoms with Crippen LogP contribution in [-0.2, 0) is 18.8 Å². The molecule has 0 bridgehead atoms. The molecule has 0 amide bonds. The minimum Gasteiger partial charge on any atom is -0.469 e. The third-order valence-electron chi connectivity index (χ3n) is 6.17. The standard InChI is InChI=1S/C29H40O4Si/c1-29(2,3)34(26-19-13-10-14-20-26,27-21-15-11-16-22-27)33-25(24-30)18-12-8-6-5-7-9-17-23-28(31)32-4/h10-16,18-22,24-25H,5-9,17,23H2,1-4H3/b18-12-/t25-/m0/s1. The number of rotatable bonds is 14. The van der Waals surface area contributed by atoms with Gasteiger partial charge in [-0.25, -0.2) is 0 Å². The summed E-state index contributed by atoms with van der Waals surface area (Å²) < 4.78 is 11.5. The number of aldehydes is 1. The summed E-state index contributed by atoms with van der Waals surface area (Å²) in [5.41, 5.74) is 0. The van der Waals surface area contributed by atoms with E-state index in [9.17, 15) is 9.59 Å². The van der Waals surface area contributed by atoms with Crippen LogP contribution in [0, 0.1) is 0 Å². The molecule has 184 valence electrons. The van der Waals surface area contributed by atoms with Crippen molar-refractivity contribution in [3.05, 3.63) is 72.8 Å². The van der Waals surface area contributed by atoms with Gasteiger partial charge in [-0.05, 0) is 34.7 Å². The zero-order valence-corrected chi connectivity index (χ0v) is 22.2. The van der Waals surface area contributed by atoms with E-state index in [0.29, 0.717) is 6.42 Å². The second kappa shape index (κ2) is 14.0. The molecule has 0 saturated heterocycles. The third-order valence-corrected chi connectivity index (χ3v) is 11.2. The molecule has 2 aromatic carbocycles. The fraction of sp³-hybridized carbons (Fsp3) is 0.448. The van der Waals surface area contributed by atoms with Crippen LogP contribution in [0.1, 0.15) is 65.7 Å². The number of carbonyl (C=O) groups excluding carboxylic acids is 2. The Hall–Kier alpha value is -2.50. The summed E-state index contributed by atoms with van der Waals surface area (Å²) in [5, 5.41) is 2.16. The lowest BCUT2D eigenvalue weighted by Crippen LogP contribution is -2.67. The number of unbranched alkanes of at least 4 members (excludes halogenated alkanes) is 5. The average molecular weight is 481 g/mol. The third kappa shape index (κ3) is 7.78. The van der Waals surface area contributed by atoms with E-state index in [4.69, 9.17) is 4.43 Å². The van der Waals surface area contributed by atoms with Gasteiger partial charge in [0.2, 0.25) is 0 Å². The number of hydrogen-bond acceptors (Lipinski definition) is 4. The molecule has 0 saturated carbocycles. The van der Waals surface area contributed by atoms with Gasteiger partial charge >= 0.3 is 5.97 Å². The Morgan fingerprint density at radius 2 is 1.41 bits per heavy atom. The van der Waals surface area contributed by atoms with Crippen LogP contribution in [0.15, 0.2) is 72.8 Å². The van der Waals surface area contributed by atoms with Gasteiger partial charge in [-0.2, -0.15) is 0 Å². The van der Waals surface area contributed by atoms with Crippen LogP contribution in [0.25, 0.3) is 0 Å². The fourth-order valence-electron chi connectivity index (χ4n) is 4.40. The Bertz CT molecular complexity index is 848. The van der Waals surface area contributed by atoms with E-state index in [1.807, 2.05) is 42.5 Å². The van der Waals surface area contributed by atoms with Gasteiger partial charge < -0.3 is 14.0 Å². The zero-order valence-electron chi connectivity index (χ0n) is 21.2. The Kier molecular flexibility index (Phi) is 11.4. The Morgan fingerprint density at radius 1 is 0.882 bits per heavy atom. The van der Waals surface area contributed by atoms with Gasteiger partial charge in [0.15, 0.2) is 6.29 Å². The summed E-state index contributed by atoms with van der Waals surface area (Å²) in [5.74, 6) is -0.135. The van der Waals surface area contributed by atoms with Gasteiger partial charge in [0.25, 0.3) is 8.32 Å². The molecule has 4 nitrogen and oxygen atoms in total. The first-order valence-electron chi connectivity index (χ1n) is 12.3. The molecule has 0 unspecified atom stereocenters. The summed E-state index contributed by atoms with van der Waals surface area (Å²) in [7, 11) is -1.33. The number of esters is 1. The molecule has 0 aromatic heterocycles. The molecule has 0 radical (unpaired) electrons. The van der Waals surface area contributed by atoms with Gasteiger partial charge in [0.1, 0.15) is 6.10 Å². The van der Waals surface area contributed by atoms with Crippen LogP contribution in [-0.4, -0.2) is 33.8 Å². The van der Waals surface area contributed by atoms with Crippen LogP contribution in [0.2, 0.25) is 5.04 Å². The maximum absolute atomic E-state index is 12.1. The van der Waals surface area contributed by atoms with Crippen molar-refractivity contribution in [2.24, 2.45) is 0 Å². The van der Waals surface area contributed by atoms with Crippen molar-refractivity contribution < 1.29 is 18.8 Å². The molecule has 2 rings (SSSR count). The highest BCUT2D eigenvalue weighted by Crippen LogP contribution is 2.37. The number of allylic oxidation sites excluding steroid dienone is 1. The molecular weight excluding hydrogens is 440 g/mol. The zero-order chi connectivity index (χ0) is 24.9. The van der Waals surface area contributed by atoms with Crippen molar-refractivity contribution in [2.75, 3.05) is 7.11 Å². The van der Waals surface area contributed by atoms with E-state index in [0.717, 1.165) is 44.8 Å². The number of carbonyl (C=O) groups is 2. The lowest BCUT2D eigenvalue weighted by atomic mass is 10.1. The van der Waals surface area contributed by atoms with E-state index in [1.165, 1.54) is 17.5 Å². The van der Waals surface area contributed by atoms with Gasteiger partial charge in [-0.15, -0.1) is 0 Å². The maximum Gasteiger partial charge on any atom is 0.305 e.